The Balaban J connectivity index is 2.46. The molecule has 0 amide bonds. The molecule has 1 saturated carbocycles. The molecule has 1 aliphatic carbocycles. The van der Waals surface area contributed by atoms with Crippen molar-refractivity contribution < 1.29 is 0 Å². The Bertz CT molecular complexity index is 131. The molecule has 0 aromatic heterocycles. The Labute approximate surface area is 57.3 Å². The first-order valence-electron chi connectivity index (χ1n) is 3.63. The van der Waals surface area contributed by atoms with Crippen LogP contribution in [0, 0.1) is 5.92 Å². The molecule has 0 aromatic carbocycles. The van der Waals surface area contributed by atoms with Crippen molar-refractivity contribution in [1.29, 1.82) is 0 Å². The maximum absolute atomic E-state index is 3.78. The minimum Gasteiger partial charge on any atom is -0.103 e. The number of rotatable bonds is 1. The highest BCUT2D eigenvalue weighted by Crippen LogP contribution is 2.30. The van der Waals surface area contributed by atoms with Crippen molar-refractivity contribution in [2.24, 2.45) is 5.92 Å². The average Bonchev–Trinajstić information content (AvgIpc) is 2.34. The summed E-state index contributed by atoms with van der Waals surface area (Å²) in [6.45, 7) is 5.91. The topological polar surface area (TPSA) is 0 Å². The molecule has 1 fully saturated rings. The predicted molar refractivity (Wildman–Crippen MR) is 41.3 cm³/mol. The van der Waals surface area contributed by atoms with Crippen LogP contribution < -0.4 is 0 Å². The summed E-state index contributed by atoms with van der Waals surface area (Å²) in [7, 11) is 0. The molecular formula is C9H14. The van der Waals surface area contributed by atoms with E-state index < -0.39 is 0 Å². The van der Waals surface area contributed by atoms with E-state index in [0.29, 0.717) is 0 Å². The van der Waals surface area contributed by atoms with Gasteiger partial charge in [-0.3, -0.25) is 0 Å². The van der Waals surface area contributed by atoms with Gasteiger partial charge in [0.2, 0.25) is 0 Å². The smallest absolute Gasteiger partial charge is 0.0196 e. The Morgan fingerprint density at radius 2 is 2.44 bits per heavy atom. The first-order valence-corrected chi connectivity index (χ1v) is 3.63. The average molecular weight is 122 g/mol. The molecule has 0 heteroatoms. The monoisotopic (exact) mass is 122 g/mol. The lowest BCUT2D eigenvalue weighted by Crippen LogP contribution is -1.83. The Hall–Kier alpha value is -0.520. The van der Waals surface area contributed by atoms with Crippen LogP contribution in [0.3, 0.4) is 0 Å². The standard InChI is InChI=1S/C9H14/c1-3-8-5-6-9(4-2)7-8/h3-4,8H,1,5-7H2,2H3/b9-4+. The highest BCUT2D eigenvalue weighted by atomic mass is 14.2. The zero-order valence-corrected chi connectivity index (χ0v) is 6.06. The number of allylic oxidation sites excluding steroid dienone is 3. The second kappa shape index (κ2) is 2.86. The van der Waals surface area contributed by atoms with E-state index in [0.717, 1.165) is 5.92 Å². The van der Waals surface area contributed by atoms with Gasteiger partial charge in [-0.15, -0.1) is 6.58 Å². The molecule has 0 aromatic rings. The minimum atomic E-state index is 0.774. The van der Waals surface area contributed by atoms with Crippen molar-refractivity contribution in [2.75, 3.05) is 0 Å². The second-order valence-electron chi connectivity index (χ2n) is 2.69. The van der Waals surface area contributed by atoms with E-state index in [2.05, 4.69) is 25.7 Å². The van der Waals surface area contributed by atoms with Crippen molar-refractivity contribution in [1.82, 2.24) is 0 Å². The van der Waals surface area contributed by atoms with Gasteiger partial charge in [0, 0.05) is 0 Å². The molecule has 1 rings (SSSR count). The zero-order valence-electron chi connectivity index (χ0n) is 6.06. The quantitative estimate of drug-likeness (QED) is 0.469. The van der Waals surface area contributed by atoms with Gasteiger partial charge in [0.1, 0.15) is 0 Å². The molecule has 0 heterocycles. The van der Waals surface area contributed by atoms with Gasteiger partial charge in [0.05, 0.1) is 0 Å². The molecular weight excluding hydrogens is 108 g/mol. The molecule has 0 radical (unpaired) electrons. The predicted octanol–water partition coefficient (Wildman–Crippen LogP) is 2.92. The van der Waals surface area contributed by atoms with Crippen molar-refractivity contribution in [3.63, 3.8) is 0 Å². The van der Waals surface area contributed by atoms with Gasteiger partial charge in [-0.05, 0) is 32.1 Å². The van der Waals surface area contributed by atoms with Crippen LogP contribution in [0.1, 0.15) is 26.2 Å². The molecule has 0 aliphatic heterocycles. The van der Waals surface area contributed by atoms with Crippen molar-refractivity contribution in [3.8, 4) is 0 Å². The third-order valence-electron chi connectivity index (χ3n) is 2.10. The van der Waals surface area contributed by atoms with E-state index in [9.17, 15) is 0 Å². The van der Waals surface area contributed by atoms with Crippen molar-refractivity contribution in [2.45, 2.75) is 26.2 Å². The summed E-state index contributed by atoms with van der Waals surface area (Å²) in [4.78, 5) is 0. The van der Waals surface area contributed by atoms with Crippen LogP contribution in [0.4, 0.5) is 0 Å². The van der Waals surface area contributed by atoms with E-state index in [-0.39, 0.29) is 0 Å². The Morgan fingerprint density at radius 1 is 1.67 bits per heavy atom. The van der Waals surface area contributed by atoms with Crippen molar-refractivity contribution >= 4 is 0 Å². The van der Waals surface area contributed by atoms with Gasteiger partial charge in [-0.25, -0.2) is 0 Å². The van der Waals surface area contributed by atoms with Gasteiger partial charge < -0.3 is 0 Å². The molecule has 0 bridgehead atoms. The lowest BCUT2D eigenvalue weighted by molar-refractivity contribution is 0.696. The van der Waals surface area contributed by atoms with Gasteiger partial charge >= 0.3 is 0 Å². The molecule has 9 heavy (non-hydrogen) atoms. The highest BCUT2D eigenvalue weighted by Gasteiger charge is 2.14. The second-order valence-corrected chi connectivity index (χ2v) is 2.69. The van der Waals surface area contributed by atoms with Gasteiger partial charge in [0.15, 0.2) is 0 Å². The minimum absolute atomic E-state index is 0.774. The van der Waals surface area contributed by atoms with Crippen molar-refractivity contribution in [3.05, 3.63) is 24.3 Å². The number of hydrogen-bond donors (Lipinski definition) is 0. The van der Waals surface area contributed by atoms with Crippen LogP contribution in [0.5, 0.6) is 0 Å². The van der Waals surface area contributed by atoms with E-state index >= 15 is 0 Å². The fourth-order valence-electron chi connectivity index (χ4n) is 1.38. The third-order valence-corrected chi connectivity index (χ3v) is 2.10. The maximum Gasteiger partial charge on any atom is -0.0196 e. The number of hydrogen-bond acceptors (Lipinski definition) is 0. The van der Waals surface area contributed by atoms with Gasteiger partial charge in [0.25, 0.3) is 0 Å². The molecule has 0 spiro atoms. The van der Waals surface area contributed by atoms with Gasteiger partial charge in [-0.2, -0.15) is 0 Å². The lowest BCUT2D eigenvalue weighted by atomic mass is 10.1. The molecule has 0 nitrogen and oxygen atoms in total. The van der Waals surface area contributed by atoms with Crippen LogP contribution in [0.2, 0.25) is 0 Å². The fraction of sp³-hybridized carbons (Fsp3) is 0.556. The van der Waals surface area contributed by atoms with Gasteiger partial charge in [-0.1, -0.05) is 17.7 Å². The summed E-state index contributed by atoms with van der Waals surface area (Å²) in [6, 6.07) is 0. The highest BCUT2D eigenvalue weighted by molar-refractivity contribution is 5.09. The first kappa shape index (κ1) is 6.60. The maximum atomic E-state index is 3.78. The molecule has 1 atom stereocenters. The first-order chi connectivity index (χ1) is 4.36. The molecule has 0 saturated heterocycles. The van der Waals surface area contributed by atoms with Crippen LogP contribution in [-0.4, -0.2) is 0 Å². The molecule has 50 valence electrons. The summed E-state index contributed by atoms with van der Waals surface area (Å²) in [5.41, 5.74) is 1.61. The van der Waals surface area contributed by atoms with E-state index in [4.69, 9.17) is 0 Å². The van der Waals surface area contributed by atoms with E-state index in [1.807, 2.05) is 0 Å². The molecule has 0 N–H and O–H groups in total. The summed E-state index contributed by atoms with van der Waals surface area (Å²) in [6.07, 6.45) is 8.20. The zero-order chi connectivity index (χ0) is 6.69. The van der Waals surface area contributed by atoms with Crippen LogP contribution in [0.15, 0.2) is 24.3 Å². The summed E-state index contributed by atoms with van der Waals surface area (Å²) >= 11 is 0. The van der Waals surface area contributed by atoms with Crippen LogP contribution >= 0.6 is 0 Å². The van der Waals surface area contributed by atoms with E-state index in [1.54, 1.807) is 5.57 Å². The summed E-state index contributed by atoms with van der Waals surface area (Å²) in [5, 5.41) is 0. The molecule has 1 aliphatic rings. The largest absolute Gasteiger partial charge is 0.103 e. The fourth-order valence-corrected chi connectivity index (χ4v) is 1.38. The molecule has 1 unspecified atom stereocenters. The van der Waals surface area contributed by atoms with E-state index in [1.165, 1.54) is 19.3 Å². The summed E-state index contributed by atoms with van der Waals surface area (Å²) in [5.74, 6) is 0.774. The SMILES string of the molecule is C=CC1CC/C(=C\C)C1. The third kappa shape index (κ3) is 1.44. The van der Waals surface area contributed by atoms with Crippen LogP contribution in [-0.2, 0) is 0 Å². The Morgan fingerprint density at radius 3 is 2.78 bits per heavy atom. The Kier molecular flexibility index (Phi) is 2.10. The summed E-state index contributed by atoms with van der Waals surface area (Å²) < 4.78 is 0. The normalized spacial score (nSPS) is 31.2. The lowest BCUT2D eigenvalue weighted by Gasteiger charge is -1.96. The van der Waals surface area contributed by atoms with Crippen LogP contribution in [0.25, 0.3) is 0 Å².